The van der Waals surface area contributed by atoms with Crippen LogP contribution in [0.25, 0.3) is 0 Å². The SMILES string of the molecule is NCCOCC(=O)Nc1ccc(O)c(Cl)c1. The number of hydrogen-bond acceptors (Lipinski definition) is 4. The summed E-state index contributed by atoms with van der Waals surface area (Å²) >= 11 is 5.67. The minimum atomic E-state index is -0.296. The van der Waals surface area contributed by atoms with E-state index in [9.17, 15) is 4.79 Å². The van der Waals surface area contributed by atoms with Gasteiger partial charge < -0.3 is 20.9 Å². The Morgan fingerprint density at radius 2 is 2.31 bits per heavy atom. The van der Waals surface area contributed by atoms with Gasteiger partial charge >= 0.3 is 0 Å². The van der Waals surface area contributed by atoms with Gasteiger partial charge in [0.1, 0.15) is 12.4 Å². The molecule has 1 amide bonds. The number of nitrogens with one attached hydrogen (secondary N) is 1. The number of halogens is 1. The number of carbonyl (C=O) groups excluding carboxylic acids is 1. The molecule has 4 N–H and O–H groups in total. The van der Waals surface area contributed by atoms with Crippen molar-refractivity contribution in [2.75, 3.05) is 25.1 Å². The van der Waals surface area contributed by atoms with Gasteiger partial charge in [0.2, 0.25) is 5.91 Å². The highest BCUT2D eigenvalue weighted by Gasteiger charge is 2.04. The molecule has 6 heteroatoms. The topological polar surface area (TPSA) is 84.6 Å². The van der Waals surface area contributed by atoms with Crippen LogP contribution < -0.4 is 11.1 Å². The quantitative estimate of drug-likeness (QED) is 0.532. The standard InChI is InChI=1S/C10H13ClN2O3/c11-8-5-7(1-2-9(8)14)13-10(15)6-16-4-3-12/h1-2,5,14H,3-4,6,12H2,(H,13,15). The van der Waals surface area contributed by atoms with E-state index in [1.165, 1.54) is 12.1 Å². The lowest BCUT2D eigenvalue weighted by Gasteiger charge is -2.06. The van der Waals surface area contributed by atoms with E-state index < -0.39 is 0 Å². The molecule has 1 aromatic rings. The van der Waals surface area contributed by atoms with Gasteiger partial charge in [0.15, 0.2) is 0 Å². The molecule has 0 heterocycles. The molecule has 88 valence electrons. The Morgan fingerprint density at radius 3 is 2.94 bits per heavy atom. The van der Waals surface area contributed by atoms with E-state index in [1.54, 1.807) is 6.07 Å². The van der Waals surface area contributed by atoms with Crippen LogP contribution in [0, 0.1) is 0 Å². The van der Waals surface area contributed by atoms with Gasteiger partial charge in [-0.2, -0.15) is 0 Å². The van der Waals surface area contributed by atoms with E-state index in [4.69, 9.17) is 27.2 Å². The number of hydrogen-bond donors (Lipinski definition) is 3. The second kappa shape index (κ2) is 6.32. The Kier molecular flexibility index (Phi) is 5.04. The molecule has 0 aliphatic heterocycles. The summed E-state index contributed by atoms with van der Waals surface area (Å²) < 4.78 is 4.95. The molecule has 0 bridgehead atoms. The molecule has 1 aromatic carbocycles. The average molecular weight is 245 g/mol. The highest BCUT2D eigenvalue weighted by atomic mass is 35.5. The lowest BCUT2D eigenvalue weighted by atomic mass is 10.3. The first kappa shape index (κ1) is 12.8. The van der Waals surface area contributed by atoms with E-state index in [-0.39, 0.29) is 23.3 Å². The van der Waals surface area contributed by atoms with Crippen molar-refractivity contribution in [3.05, 3.63) is 23.2 Å². The summed E-state index contributed by atoms with van der Waals surface area (Å²) in [6.45, 7) is 0.651. The predicted molar refractivity (Wildman–Crippen MR) is 61.6 cm³/mol. The zero-order valence-electron chi connectivity index (χ0n) is 8.57. The monoisotopic (exact) mass is 244 g/mol. The van der Waals surface area contributed by atoms with Gasteiger partial charge in [-0.15, -0.1) is 0 Å². The van der Waals surface area contributed by atoms with Gasteiger partial charge in [-0.1, -0.05) is 11.6 Å². The fraction of sp³-hybridized carbons (Fsp3) is 0.300. The summed E-state index contributed by atoms with van der Waals surface area (Å²) in [5, 5.41) is 11.9. The summed E-state index contributed by atoms with van der Waals surface area (Å²) in [5.74, 6) is -0.325. The molecule has 0 atom stereocenters. The summed E-state index contributed by atoms with van der Waals surface area (Å²) in [6.07, 6.45) is 0. The van der Waals surface area contributed by atoms with Crippen LogP contribution in [0.3, 0.4) is 0 Å². The molecule has 0 spiro atoms. The first-order valence-electron chi connectivity index (χ1n) is 4.69. The van der Waals surface area contributed by atoms with Crippen LogP contribution in [-0.2, 0) is 9.53 Å². The Labute approximate surface area is 98.2 Å². The van der Waals surface area contributed by atoms with Crippen molar-refractivity contribution in [2.45, 2.75) is 0 Å². The maximum Gasteiger partial charge on any atom is 0.250 e. The Balaban J connectivity index is 2.46. The third-order valence-electron chi connectivity index (χ3n) is 1.73. The first-order chi connectivity index (χ1) is 7.63. The smallest absolute Gasteiger partial charge is 0.250 e. The van der Waals surface area contributed by atoms with Crippen molar-refractivity contribution in [3.8, 4) is 5.75 Å². The molecule has 1 rings (SSSR count). The van der Waals surface area contributed by atoms with E-state index in [0.717, 1.165) is 0 Å². The van der Waals surface area contributed by atoms with Crippen LogP contribution in [0.2, 0.25) is 5.02 Å². The normalized spacial score (nSPS) is 10.1. The summed E-state index contributed by atoms with van der Waals surface area (Å²) in [6, 6.07) is 4.40. The van der Waals surface area contributed by atoms with Gasteiger partial charge in [-0.3, -0.25) is 4.79 Å². The third kappa shape index (κ3) is 4.06. The molecule has 0 fully saturated rings. The lowest BCUT2D eigenvalue weighted by Crippen LogP contribution is -2.20. The average Bonchev–Trinajstić information content (AvgIpc) is 2.24. The molecule has 0 aromatic heterocycles. The number of phenolic OH excluding ortho intramolecular Hbond substituents is 1. The third-order valence-corrected chi connectivity index (χ3v) is 2.03. The summed E-state index contributed by atoms with van der Waals surface area (Å²) in [4.78, 5) is 11.3. The minimum Gasteiger partial charge on any atom is -0.506 e. The molecular weight excluding hydrogens is 232 g/mol. The molecule has 0 radical (unpaired) electrons. The molecule has 0 aliphatic carbocycles. The predicted octanol–water partition coefficient (Wildman–Crippen LogP) is 0.959. The number of carbonyl (C=O) groups is 1. The number of nitrogens with two attached hydrogens (primary N) is 1. The van der Waals surface area contributed by atoms with Crippen LogP contribution >= 0.6 is 11.6 Å². The fourth-order valence-electron chi connectivity index (χ4n) is 1.03. The van der Waals surface area contributed by atoms with Crippen molar-refractivity contribution >= 4 is 23.2 Å². The van der Waals surface area contributed by atoms with E-state index in [1.807, 2.05) is 0 Å². The number of rotatable bonds is 5. The van der Waals surface area contributed by atoms with Gasteiger partial charge in [0.05, 0.1) is 11.6 Å². The van der Waals surface area contributed by atoms with Crippen LogP contribution in [-0.4, -0.2) is 30.8 Å². The van der Waals surface area contributed by atoms with Gasteiger partial charge in [-0.05, 0) is 18.2 Å². The van der Waals surface area contributed by atoms with Crippen molar-refractivity contribution in [1.82, 2.24) is 0 Å². The molecular formula is C10H13ClN2O3. The van der Waals surface area contributed by atoms with Crippen molar-refractivity contribution in [3.63, 3.8) is 0 Å². The minimum absolute atomic E-state index is 0.0287. The lowest BCUT2D eigenvalue weighted by molar-refractivity contribution is -0.120. The van der Waals surface area contributed by atoms with Crippen LogP contribution in [0.1, 0.15) is 0 Å². The number of phenols is 1. The summed E-state index contributed by atoms with van der Waals surface area (Å²) in [5.41, 5.74) is 5.71. The van der Waals surface area contributed by atoms with Gasteiger partial charge in [0, 0.05) is 12.2 Å². The molecule has 0 saturated carbocycles. The number of ether oxygens (including phenoxy) is 1. The number of aromatic hydroxyl groups is 1. The zero-order valence-corrected chi connectivity index (χ0v) is 9.33. The fourth-order valence-corrected chi connectivity index (χ4v) is 1.21. The van der Waals surface area contributed by atoms with Crippen molar-refractivity contribution < 1.29 is 14.6 Å². The first-order valence-corrected chi connectivity index (χ1v) is 5.07. The molecule has 5 nitrogen and oxygen atoms in total. The van der Waals surface area contributed by atoms with E-state index >= 15 is 0 Å². The number of amides is 1. The molecule has 0 aliphatic rings. The second-order valence-corrected chi connectivity index (χ2v) is 3.46. The second-order valence-electron chi connectivity index (χ2n) is 3.06. The summed E-state index contributed by atoms with van der Waals surface area (Å²) in [7, 11) is 0. The molecule has 0 saturated heterocycles. The molecule has 0 unspecified atom stereocenters. The highest BCUT2D eigenvalue weighted by Crippen LogP contribution is 2.25. The van der Waals surface area contributed by atoms with E-state index in [2.05, 4.69) is 5.32 Å². The van der Waals surface area contributed by atoms with Gasteiger partial charge in [0.25, 0.3) is 0 Å². The Morgan fingerprint density at radius 1 is 1.56 bits per heavy atom. The maximum absolute atomic E-state index is 11.3. The number of anilines is 1. The highest BCUT2D eigenvalue weighted by molar-refractivity contribution is 6.32. The maximum atomic E-state index is 11.3. The largest absolute Gasteiger partial charge is 0.506 e. The molecule has 16 heavy (non-hydrogen) atoms. The van der Waals surface area contributed by atoms with E-state index in [0.29, 0.717) is 18.8 Å². The Bertz CT molecular complexity index is 371. The zero-order chi connectivity index (χ0) is 12.0. The number of benzene rings is 1. The van der Waals surface area contributed by atoms with Crippen LogP contribution in [0.4, 0.5) is 5.69 Å². The Hall–Kier alpha value is -1.30. The van der Waals surface area contributed by atoms with Crippen LogP contribution in [0.5, 0.6) is 5.75 Å². The van der Waals surface area contributed by atoms with Crippen molar-refractivity contribution in [2.24, 2.45) is 5.73 Å². The van der Waals surface area contributed by atoms with Crippen molar-refractivity contribution in [1.29, 1.82) is 0 Å². The van der Waals surface area contributed by atoms with Gasteiger partial charge in [-0.25, -0.2) is 0 Å². The van der Waals surface area contributed by atoms with Crippen LogP contribution in [0.15, 0.2) is 18.2 Å².